The van der Waals surface area contributed by atoms with Gasteiger partial charge in [-0.3, -0.25) is 0 Å². The van der Waals surface area contributed by atoms with Crippen LogP contribution in [0.4, 0.5) is 0 Å². The second kappa shape index (κ2) is 8.11. The van der Waals surface area contributed by atoms with Crippen LogP contribution in [0.15, 0.2) is 24.3 Å². The van der Waals surface area contributed by atoms with Crippen molar-refractivity contribution in [3.05, 3.63) is 29.8 Å². The van der Waals surface area contributed by atoms with E-state index in [1.807, 2.05) is 24.3 Å². The molecule has 2 N–H and O–H groups in total. The Balaban J connectivity index is 2.24. The first-order valence-electron chi connectivity index (χ1n) is 6.83. The molecule has 3 heteroatoms. The van der Waals surface area contributed by atoms with Gasteiger partial charge in [0.1, 0.15) is 5.75 Å². The van der Waals surface area contributed by atoms with Gasteiger partial charge in [-0.15, -0.1) is 0 Å². The molecule has 0 saturated carbocycles. The molecular formula is C15H26N2O. The Morgan fingerprint density at radius 1 is 1.22 bits per heavy atom. The largest absolute Gasteiger partial charge is 0.494 e. The molecule has 18 heavy (non-hydrogen) atoms. The van der Waals surface area contributed by atoms with Crippen LogP contribution < -0.4 is 10.5 Å². The number of benzene rings is 1. The van der Waals surface area contributed by atoms with Gasteiger partial charge < -0.3 is 15.4 Å². The third-order valence-electron chi connectivity index (χ3n) is 3.15. The molecule has 3 nitrogen and oxygen atoms in total. The minimum absolute atomic E-state index is 0.583. The molecule has 0 aromatic heterocycles. The van der Waals surface area contributed by atoms with Crippen molar-refractivity contribution in [2.75, 3.05) is 19.7 Å². The predicted molar refractivity (Wildman–Crippen MR) is 76.8 cm³/mol. The zero-order chi connectivity index (χ0) is 13.4. The van der Waals surface area contributed by atoms with E-state index < -0.39 is 0 Å². The van der Waals surface area contributed by atoms with Crippen LogP contribution in [-0.2, 0) is 6.54 Å². The van der Waals surface area contributed by atoms with Crippen molar-refractivity contribution in [1.29, 1.82) is 0 Å². The monoisotopic (exact) mass is 250 g/mol. The maximum absolute atomic E-state index is 5.71. The van der Waals surface area contributed by atoms with Gasteiger partial charge in [0.2, 0.25) is 0 Å². The molecule has 0 saturated heterocycles. The summed E-state index contributed by atoms with van der Waals surface area (Å²) in [6.45, 7) is 10.2. The number of ether oxygens (including phenoxy) is 1. The molecule has 0 aliphatic carbocycles. The van der Waals surface area contributed by atoms with E-state index in [9.17, 15) is 0 Å². The average Bonchev–Trinajstić information content (AvgIpc) is 2.39. The fraction of sp³-hybridized carbons (Fsp3) is 0.600. The van der Waals surface area contributed by atoms with Gasteiger partial charge in [0.25, 0.3) is 0 Å². The Morgan fingerprint density at radius 2 is 1.89 bits per heavy atom. The summed E-state index contributed by atoms with van der Waals surface area (Å²) in [7, 11) is 0. The van der Waals surface area contributed by atoms with Gasteiger partial charge in [-0.1, -0.05) is 19.1 Å². The first kappa shape index (κ1) is 15.0. The van der Waals surface area contributed by atoms with E-state index in [1.54, 1.807) is 0 Å². The summed E-state index contributed by atoms with van der Waals surface area (Å²) in [6, 6.07) is 8.62. The summed E-state index contributed by atoms with van der Waals surface area (Å²) in [5, 5.41) is 0. The van der Waals surface area contributed by atoms with Gasteiger partial charge in [-0.25, -0.2) is 0 Å². The van der Waals surface area contributed by atoms with Crippen molar-refractivity contribution >= 4 is 0 Å². The summed E-state index contributed by atoms with van der Waals surface area (Å²) in [5.41, 5.74) is 6.69. The molecule has 0 atom stereocenters. The van der Waals surface area contributed by atoms with Gasteiger partial charge in [-0.05, 0) is 44.5 Å². The highest BCUT2D eigenvalue weighted by Gasteiger charge is 2.05. The molecular weight excluding hydrogens is 224 g/mol. The van der Waals surface area contributed by atoms with E-state index >= 15 is 0 Å². The first-order valence-corrected chi connectivity index (χ1v) is 6.83. The Bertz CT molecular complexity index is 322. The lowest BCUT2D eigenvalue weighted by atomic mass is 10.2. The van der Waals surface area contributed by atoms with Crippen LogP contribution in [-0.4, -0.2) is 30.6 Å². The number of nitrogens with two attached hydrogens (primary N) is 1. The van der Waals surface area contributed by atoms with Gasteiger partial charge in [0.05, 0.1) is 6.61 Å². The predicted octanol–water partition coefficient (Wildman–Crippen LogP) is 2.64. The van der Waals surface area contributed by atoms with E-state index in [1.165, 1.54) is 0 Å². The van der Waals surface area contributed by atoms with Crippen molar-refractivity contribution in [3.63, 3.8) is 0 Å². The lowest BCUT2D eigenvalue weighted by molar-refractivity contribution is 0.207. The molecule has 1 aromatic rings. The summed E-state index contributed by atoms with van der Waals surface area (Å²) >= 11 is 0. The average molecular weight is 250 g/mol. The second-order valence-electron chi connectivity index (χ2n) is 4.77. The highest BCUT2D eigenvalue weighted by atomic mass is 16.5. The number of nitrogens with zero attached hydrogens (tertiary/aromatic N) is 1. The zero-order valence-corrected chi connectivity index (χ0v) is 11.9. The molecule has 0 aliphatic rings. The van der Waals surface area contributed by atoms with Crippen LogP contribution in [0.25, 0.3) is 0 Å². The summed E-state index contributed by atoms with van der Waals surface area (Å²) in [5.74, 6) is 0.930. The molecule has 1 aromatic carbocycles. The second-order valence-corrected chi connectivity index (χ2v) is 4.77. The van der Waals surface area contributed by atoms with Gasteiger partial charge in [0.15, 0.2) is 0 Å². The van der Waals surface area contributed by atoms with Crippen molar-refractivity contribution in [3.8, 4) is 5.75 Å². The minimum Gasteiger partial charge on any atom is -0.494 e. The number of hydrogen-bond donors (Lipinski definition) is 1. The highest BCUT2D eigenvalue weighted by Crippen LogP contribution is 2.12. The fourth-order valence-corrected chi connectivity index (χ4v) is 1.96. The fourth-order valence-electron chi connectivity index (χ4n) is 1.96. The van der Waals surface area contributed by atoms with Crippen LogP contribution in [0.1, 0.15) is 32.8 Å². The maximum Gasteiger partial charge on any atom is 0.119 e. The maximum atomic E-state index is 5.71. The van der Waals surface area contributed by atoms with Crippen LogP contribution >= 0.6 is 0 Å². The Labute approximate surface area is 111 Å². The molecule has 0 aliphatic heterocycles. The van der Waals surface area contributed by atoms with Gasteiger partial charge in [-0.2, -0.15) is 0 Å². The Morgan fingerprint density at radius 3 is 2.39 bits per heavy atom. The van der Waals surface area contributed by atoms with Crippen molar-refractivity contribution in [1.82, 2.24) is 4.90 Å². The van der Waals surface area contributed by atoms with E-state index in [0.717, 1.165) is 37.4 Å². The standard InChI is InChI=1S/C15H26N2O/c1-4-17(13(2)3)10-5-11-18-15-8-6-14(12-16)7-9-15/h6-9,13H,4-5,10-12,16H2,1-3H3. The van der Waals surface area contributed by atoms with Gasteiger partial charge >= 0.3 is 0 Å². The minimum atomic E-state index is 0.583. The molecule has 0 fully saturated rings. The number of rotatable bonds is 8. The molecule has 1 rings (SSSR count). The van der Waals surface area contributed by atoms with E-state index in [2.05, 4.69) is 25.7 Å². The zero-order valence-electron chi connectivity index (χ0n) is 11.9. The van der Waals surface area contributed by atoms with Crippen LogP contribution in [0.5, 0.6) is 5.75 Å². The summed E-state index contributed by atoms with van der Waals surface area (Å²) in [4.78, 5) is 2.45. The van der Waals surface area contributed by atoms with Crippen LogP contribution in [0, 0.1) is 0 Å². The molecule has 0 unspecified atom stereocenters. The SMILES string of the molecule is CCN(CCCOc1ccc(CN)cc1)C(C)C. The topological polar surface area (TPSA) is 38.5 Å². The molecule has 0 spiro atoms. The van der Waals surface area contributed by atoms with Gasteiger partial charge in [0, 0.05) is 19.1 Å². The normalized spacial score (nSPS) is 11.2. The van der Waals surface area contributed by atoms with Crippen LogP contribution in [0.2, 0.25) is 0 Å². The summed E-state index contributed by atoms with van der Waals surface area (Å²) < 4.78 is 5.71. The lowest BCUT2D eigenvalue weighted by Crippen LogP contribution is -2.32. The van der Waals surface area contributed by atoms with E-state index in [-0.39, 0.29) is 0 Å². The molecule has 0 amide bonds. The van der Waals surface area contributed by atoms with E-state index in [4.69, 9.17) is 10.5 Å². The quantitative estimate of drug-likeness (QED) is 0.721. The van der Waals surface area contributed by atoms with Crippen LogP contribution in [0.3, 0.4) is 0 Å². The van der Waals surface area contributed by atoms with E-state index in [0.29, 0.717) is 12.6 Å². The van der Waals surface area contributed by atoms with Crippen molar-refractivity contribution in [2.45, 2.75) is 39.8 Å². The smallest absolute Gasteiger partial charge is 0.119 e. The third-order valence-corrected chi connectivity index (χ3v) is 3.15. The Hall–Kier alpha value is -1.06. The molecule has 0 radical (unpaired) electrons. The molecule has 102 valence electrons. The first-order chi connectivity index (χ1) is 8.67. The van der Waals surface area contributed by atoms with Crippen molar-refractivity contribution in [2.24, 2.45) is 5.73 Å². The third kappa shape index (κ3) is 5.07. The molecule has 0 bridgehead atoms. The Kier molecular flexibility index (Phi) is 6.76. The lowest BCUT2D eigenvalue weighted by Gasteiger charge is -2.24. The number of hydrogen-bond acceptors (Lipinski definition) is 3. The summed E-state index contributed by atoms with van der Waals surface area (Å²) in [6.07, 6.45) is 1.06. The molecule has 0 heterocycles. The highest BCUT2D eigenvalue weighted by molar-refractivity contribution is 5.26. The van der Waals surface area contributed by atoms with Crippen molar-refractivity contribution < 1.29 is 4.74 Å².